The zero-order valence-electron chi connectivity index (χ0n) is 16.8. The topological polar surface area (TPSA) is 102 Å². The number of hydrogen-bond acceptors (Lipinski definition) is 5. The number of anilines is 1. The Morgan fingerprint density at radius 1 is 1.03 bits per heavy atom. The molecule has 1 saturated heterocycles. The lowest BCUT2D eigenvalue weighted by Crippen LogP contribution is -2.49. The van der Waals surface area contributed by atoms with E-state index >= 15 is 0 Å². The molecule has 9 heteroatoms. The van der Waals surface area contributed by atoms with Crippen LogP contribution in [0.3, 0.4) is 0 Å². The van der Waals surface area contributed by atoms with Gasteiger partial charge in [-0.25, -0.2) is 8.42 Å². The Morgan fingerprint density at radius 2 is 1.70 bits per heavy atom. The van der Waals surface area contributed by atoms with Gasteiger partial charge >= 0.3 is 0 Å². The molecule has 0 aromatic heterocycles. The molecule has 0 bridgehead atoms. The first-order valence-corrected chi connectivity index (χ1v) is 10.8. The van der Waals surface area contributed by atoms with E-state index in [1.165, 1.54) is 34.3 Å². The molecule has 0 aliphatic carbocycles. The molecule has 3 rings (SSSR count). The highest BCUT2D eigenvalue weighted by atomic mass is 32.2. The molecule has 0 saturated carbocycles. The molecule has 156 valence electrons. The minimum Gasteiger partial charge on any atom is -0.340 e. The Labute approximate surface area is 176 Å². The van der Waals surface area contributed by atoms with Crippen LogP contribution in [0.1, 0.15) is 22.8 Å². The van der Waals surface area contributed by atoms with Crippen LogP contribution in [-0.4, -0.2) is 62.7 Å². The fourth-order valence-corrected chi connectivity index (χ4v) is 4.75. The monoisotopic (exact) mass is 426 g/mol. The molecule has 1 aliphatic rings. The van der Waals surface area contributed by atoms with Crippen LogP contribution in [0.2, 0.25) is 0 Å². The average molecular weight is 426 g/mol. The van der Waals surface area contributed by atoms with Crippen molar-refractivity contribution in [2.24, 2.45) is 0 Å². The van der Waals surface area contributed by atoms with Crippen LogP contribution in [0.25, 0.3) is 0 Å². The fourth-order valence-electron chi connectivity index (χ4n) is 3.28. The molecule has 0 atom stereocenters. The highest BCUT2D eigenvalue weighted by Gasteiger charge is 2.30. The quantitative estimate of drug-likeness (QED) is 0.740. The maximum absolute atomic E-state index is 13.0. The predicted octanol–water partition coefficient (Wildman–Crippen LogP) is 1.69. The lowest BCUT2D eigenvalue weighted by molar-refractivity contribution is -0.129. The third-order valence-corrected chi connectivity index (χ3v) is 6.96. The Kier molecular flexibility index (Phi) is 6.20. The number of nitriles is 1. The van der Waals surface area contributed by atoms with E-state index in [9.17, 15) is 18.0 Å². The zero-order valence-corrected chi connectivity index (χ0v) is 17.6. The van der Waals surface area contributed by atoms with E-state index in [1.54, 1.807) is 42.3 Å². The van der Waals surface area contributed by atoms with Gasteiger partial charge in [0.15, 0.2) is 0 Å². The maximum atomic E-state index is 13.0. The van der Waals surface area contributed by atoms with E-state index in [-0.39, 0.29) is 35.4 Å². The van der Waals surface area contributed by atoms with Crippen molar-refractivity contribution in [1.29, 1.82) is 5.26 Å². The number of carbonyl (C=O) groups excluding carboxylic acids is 2. The van der Waals surface area contributed by atoms with Gasteiger partial charge in [0, 0.05) is 51.4 Å². The van der Waals surface area contributed by atoms with E-state index in [2.05, 4.69) is 0 Å². The van der Waals surface area contributed by atoms with Gasteiger partial charge in [0.25, 0.3) is 5.91 Å². The largest absolute Gasteiger partial charge is 0.340 e. The number of rotatable bonds is 4. The summed E-state index contributed by atoms with van der Waals surface area (Å²) in [7, 11) is -2.22. The van der Waals surface area contributed by atoms with E-state index in [0.29, 0.717) is 24.3 Å². The third-order valence-electron chi connectivity index (χ3n) is 5.07. The number of benzene rings is 2. The van der Waals surface area contributed by atoms with Crippen molar-refractivity contribution in [3.63, 3.8) is 0 Å². The van der Waals surface area contributed by atoms with E-state index in [1.807, 2.05) is 6.07 Å². The van der Waals surface area contributed by atoms with Crippen LogP contribution in [0.4, 0.5) is 5.69 Å². The number of nitrogens with zero attached hydrogens (tertiary/aromatic N) is 4. The fraction of sp³-hybridized carbons (Fsp3) is 0.286. The first kappa shape index (κ1) is 21.5. The molecule has 0 N–H and O–H groups in total. The minimum atomic E-state index is -3.79. The highest BCUT2D eigenvalue weighted by molar-refractivity contribution is 7.89. The second kappa shape index (κ2) is 8.65. The molecule has 1 aliphatic heterocycles. The number of amides is 2. The maximum Gasteiger partial charge on any atom is 0.258 e. The van der Waals surface area contributed by atoms with Crippen molar-refractivity contribution in [2.45, 2.75) is 11.8 Å². The summed E-state index contributed by atoms with van der Waals surface area (Å²) < 4.78 is 27.4. The lowest BCUT2D eigenvalue weighted by atomic mass is 10.1. The van der Waals surface area contributed by atoms with Crippen LogP contribution in [-0.2, 0) is 14.8 Å². The first-order chi connectivity index (χ1) is 14.2. The van der Waals surface area contributed by atoms with Crippen LogP contribution >= 0.6 is 0 Å². The zero-order chi connectivity index (χ0) is 21.9. The Bertz CT molecular complexity index is 1120. The van der Waals surface area contributed by atoms with Gasteiger partial charge in [-0.05, 0) is 36.4 Å². The number of hydrogen-bond donors (Lipinski definition) is 0. The third kappa shape index (κ3) is 4.35. The van der Waals surface area contributed by atoms with Crippen molar-refractivity contribution in [3.8, 4) is 6.07 Å². The summed E-state index contributed by atoms with van der Waals surface area (Å²) in [4.78, 5) is 27.4. The van der Waals surface area contributed by atoms with E-state index in [0.717, 1.165) is 0 Å². The van der Waals surface area contributed by atoms with Gasteiger partial charge < -0.3 is 9.80 Å². The molecule has 0 radical (unpaired) electrons. The molecular formula is C21H22N4O4S. The molecule has 2 aromatic rings. The minimum absolute atomic E-state index is 0.0313. The Balaban J connectivity index is 1.82. The van der Waals surface area contributed by atoms with Crippen molar-refractivity contribution in [1.82, 2.24) is 9.21 Å². The summed E-state index contributed by atoms with van der Waals surface area (Å²) in [5.74, 6) is -0.466. The van der Waals surface area contributed by atoms with Gasteiger partial charge in [0.1, 0.15) is 0 Å². The van der Waals surface area contributed by atoms with Gasteiger partial charge in [0.05, 0.1) is 16.5 Å². The van der Waals surface area contributed by atoms with Crippen molar-refractivity contribution < 1.29 is 18.0 Å². The lowest BCUT2D eigenvalue weighted by Gasteiger charge is -2.33. The average Bonchev–Trinajstić information content (AvgIpc) is 2.78. The van der Waals surface area contributed by atoms with Crippen LogP contribution in [0.15, 0.2) is 53.4 Å². The highest BCUT2D eigenvalue weighted by Crippen LogP contribution is 2.22. The molecule has 0 spiro atoms. The summed E-state index contributed by atoms with van der Waals surface area (Å²) in [5.41, 5.74) is 1.18. The van der Waals surface area contributed by atoms with Crippen LogP contribution < -0.4 is 4.90 Å². The second-order valence-electron chi connectivity index (χ2n) is 6.96. The standard InChI is InChI=1S/C21H22N4O4S/c1-16(26)24-9-11-25(12-10-24)30(28,29)20-8-4-6-18(14-20)21(27)23(2)19-7-3-5-17(13-19)15-22/h3-8,13-14H,9-12H2,1-2H3. The van der Waals surface area contributed by atoms with Crippen LogP contribution in [0, 0.1) is 11.3 Å². The van der Waals surface area contributed by atoms with Crippen LogP contribution in [0.5, 0.6) is 0 Å². The molecule has 30 heavy (non-hydrogen) atoms. The SMILES string of the molecule is CC(=O)N1CCN(S(=O)(=O)c2cccc(C(=O)N(C)c3cccc(C#N)c3)c2)CC1. The van der Waals surface area contributed by atoms with E-state index in [4.69, 9.17) is 5.26 Å². The van der Waals surface area contributed by atoms with Gasteiger partial charge in [-0.3, -0.25) is 9.59 Å². The van der Waals surface area contributed by atoms with E-state index < -0.39 is 10.0 Å². The van der Waals surface area contributed by atoms with Gasteiger partial charge in [-0.1, -0.05) is 12.1 Å². The number of sulfonamides is 1. The van der Waals surface area contributed by atoms with Gasteiger partial charge in [-0.15, -0.1) is 0 Å². The molecular weight excluding hydrogens is 404 g/mol. The molecule has 0 unspecified atom stereocenters. The molecule has 2 amide bonds. The summed E-state index contributed by atoms with van der Waals surface area (Å²) in [6, 6.07) is 14.5. The molecule has 1 fully saturated rings. The Hall–Kier alpha value is -3.22. The number of carbonyl (C=O) groups is 2. The summed E-state index contributed by atoms with van der Waals surface area (Å²) in [5, 5.41) is 9.05. The van der Waals surface area contributed by atoms with Crippen molar-refractivity contribution in [3.05, 3.63) is 59.7 Å². The number of piperazine rings is 1. The first-order valence-electron chi connectivity index (χ1n) is 9.38. The molecule has 8 nitrogen and oxygen atoms in total. The molecule has 2 aromatic carbocycles. The Morgan fingerprint density at radius 3 is 2.33 bits per heavy atom. The summed E-state index contributed by atoms with van der Waals surface area (Å²) in [6.07, 6.45) is 0. The van der Waals surface area contributed by atoms with Crippen molar-refractivity contribution >= 4 is 27.5 Å². The predicted molar refractivity (Wildman–Crippen MR) is 111 cm³/mol. The smallest absolute Gasteiger partial charge is 0.258 e. The second-order valence-corrected chi connectivity index (χ2v) is 8.90. The summed E-state index contributed by atoms with van der Waals surface area (Å²) >= 11 is 0. The molecule has 1 heterocycles. The van der Waals surface area contributed by atoms with Crippen molar-refractivity contribution in [2.75, 3.05) is 38.1 Å². The summed E-state index contributed by atoms with van der Waals surface area (Å²) in [6.45, 7) is 2.56. The van der Waals surface area contributed by atoms with Gasteiger partial charge in [-0.2, -0.15) is 9.57 Å². The van der Waals surface area contributed by atoms with Gasteiger partial charge in [0.2, 0.25) is 15.9 Å². The normalized spacial score (nSPS) is 14.8.